The van der Waals surface area contributed by atoms with Gasteiger partial charge < -0.3 is 18.9 Å². The van der Waals surface area contributed by atoms with Crippen molar-refractivity contribution in [2.75, 3.05) is 27.3 Å². The monoisotopic (exact) mass is 620 g/mol. The number of ether oxygens (including phenoxy) is 2. The number of imide groups is 1. The van der Waals surface area contributed by atoms with Gasteiger partial charge in [-0.3, -0.25) is 29.4 Å². The Hall–Kier alpha value is -4.88. The quantitative estimate of drug-likeness (QED) is 0.334. The topological polar surface area (TPSA) is 110 Å². The number of fused-ring (bicyclic) bond motifs is 2. The summed E-state index contributed by atoms with van der Waals surface area (Å²) in [4.78, 5) is 53.6. The Morgan fingerprint density at radius 3 is 2.39 bits per heavy atom. The Kier molecular flexibility index (Phi) is 7.65. The fourth-order valence-electron chi connectivity index (χ4n) is 7.20. The van der Waals surface area contributed by atoms with Gasteiger partial charge in [0.2, 0.25) is 11.8 Å². The normalized spacial score (nSPS) is 19.2. The van der Waals surface area contributed by atoms with Crippen LogP contribution >= 0.6 is 0 Å². The first-order chi connectivity index (χ1) is 22.2. The third kappa shape index (κ3) is 5.24. The minimum absolute atomic E-state index is 0.0864. The summed E-state index contributed by atoms with van der Waals surface area (Å²) in [6.45, 7) is 2.59. The summed E-state index contributed by atoms with van der Waals surface area (Å²) in [5, 5.41) is 2.34. The van der Waals surface area contributed by atoms with Gasteiger partial charge in [-0.15, -0.1) is 0 Å². The largest absolute Gasteiger partial charge is 0.496 e. The molecule has 1 aliphatic carbocycles. The van der Waals surface area contributed by atoms with Gasteiger partial charge >= 0.3 is 0 Å². The van der Waals surface area contributed by atoms with Gasteiger partial charge in [0.05, 0.1) is 19.8 Å². The van der Waals surface area contributed by atoms with Crippen molar-refractivity contribution in [1.82, 2.24) is 19.7 Å². The molecule has 10 heteroatoms. The van der Waals surface area contributed by atoms with E-state index in [1.807, 2.05) is 36.5 Å². The van der Waals surface area contributed by atoms with Gasteiger partial charge in [-0.2, -0.15) is 0 Å². The first-order valence-electron chi connectivity index (χ1n) is 15.7. The highest BCUT2D eigenvalue weighted by Gasteiger charge is 2.39. The predicted molar refractivity (Wildman–Crippen MR) is 170 cm³/mol. The van der Waals surface area contributed by atoms with E-state index in [0.29, 0.717) is 25.1 Å². The number of nitrogens with one attached hydrogen (secondary N) is 1. The highest BCUT2D eigenvalue weighted by atomic mass is 16.5. The van der Waals surface area contributed by atoms with Crippen LogP contribution in [-0.2, 0) is 42.6 Å². The van der Waals surface area contributed by atoms with Gasteiger partial charge in [-0.1, -0.05) is 17.9 Å². The van der Waals surface area contributed by atoms with E-state index >= 15 is 0 Å². The number of aromatic nitrogens is 1. The summed E-state index contributed by atoms with van der Waals surface area (Å²) < 4.78 is 13.4. The molecule has 7 rings (SSSR count). The maximum Gasteiger partial charge on any atom is 0.255 e. The Labute approximate surface area is 267 Å². The van der Waals surface area contributed by atoms with Gasteiger partial charge in [-0.25, -0.2) is 0 Å². The molecule has 2 aromatic carbocycles. The number of amides is 3. The number of carbonyl (C=O) groups excluding carboxylic acids is 3. The average Bonchev–Trinajstić information content (AvgIpc) is 3.65. The molecule has 1 N–H and O–H groups in total. The van der Waals surface area contributed by atoms with Crippen LogP contribution in [0.2, 0.25) is 0 Å². The maximum absolute atomic E-state index is 13.2. The maximum atomic E-state index is 13.2. The van der Waals surface area contributed by atoms with Crippen LogP contribution in [0.1, 0.15) is 57.4 Å². The number of rotatable bonds is 6. The average molecular weight is 621 g/mol. The summed E-state index contributed by atoms with van der Waals surface area (Å²) in [6, 6.07) is 9.09. The van der Waals surface area contributed by atoms with Crippen LogP contribution in [0.5, 0.6) is 11.5 Å². The number of carbonyl (C=O) groups is 3. The summed E-state index contributed by atoms with van der Waals surface area (Å²) in [7, 11) is 5.14. The number of benzene rings is 2. The van der Waals surface area contributed by atoms with E-state index in [2.05, 4.69) is 22.1 Å². The Morgan fingerprint density at radius 1 is 0.935 bits per heavy atom. The molecule has 2 fully saturated rings. The predicted octanol–water partition coefficient (Wildman–Crippen LogP) is 2.80. The number of piperidine rings is 1. The molecule has 4 aliphatic rings. The number of nitrogens with zero attached hydrogens (tertiary/aromatic N) is 3. The molecule has 10 nitrogen and oxygen atoms in total. The molecule has 46 heavy (non-hydrogen) atoms. The van der Waals surface area contributed by atoms with Crippen LogP contribution in [0.3, 0.4) is 0 Å². The van der Waals surface area contributed by atoms with Crippen molar-refractivity contribution in [1.29, 1.82) is 0 Å². The molecule has 236 valence electrons. The van der Waals surface area contributed by atoms with E-state index < -0.39 is 11.9 Å². The van der Waals surface area contributed by atoms with Gasteiger partial charge in [0.25, 0.3) is 11.5 Å². The molecule has 2 saturated heterocycles. The van der Waals surface area contributed by atoms with E-state index in [-0.39, 0.29) is 29.7 Å². The van der Waals surface area contributed by atoms with E-state index in [0.717, 1.165) is 82.8 Å². The lowest BCUT2D eigenvalue weighted by Gasteiger charge is -2.37. The molecule has 0 saturated carbocycles. The van der Waals surface area contributed by atoms with Crippen LogP contribution in [0.25, 0.3) is 11.1 Å². The van der Waals surface area contributed by atoms with Crippen LogP contribution < -0.4 is 20.3 Å². The van der Waals surface area contributed by atoms with E-state index in [1.54, 1.807) is 30.7 Å². The highest BCUT2D eigenvalue weighted by Crippen LogP contribution is 2.39. The number of hydrogen-bond donors (Lipinski definition) is 1. The lowest BCUT2D eigenvalue weighted by atomic mass is 9.95. The lowest BCUT2D eigenvalue weighted by molar-refractivity contribution is -0.136. The Balaban J connectivity index is 1.03. The first kappa shape index (κ1) is 29.8. The fourth-order valence-corrected chi connectivity index (χ4v) is 7.20. The third-order valence-corrected chi connectivity index (χ3v) is 9.65. The first-order valence-corrected chi connectivity index (χ1v) is 15.7. The molecule has 3 aromatic rings. The molecule has 0 radical (unpaired) electrons. The van der Waals surface area contributed by atoms with Crippen molar-refractivity contribution in [3.05, 3.63) is 80.3 Å². The van der Waals surface area contributed by atoms with Crippen LogP contribution in [-0.4, -0.2) is 65.4 Å². The van der Waals surface area contributed by atoms with Gasteiger partial charge in [0.15, 0.2) is 0 Å². The zero-order chi connectivity index (χ0) is 32.1. The molecular formula is C36H36N4O6. The molecule has 1 atom stereocenters. The van der Waals surface area contributed by atoms with Crippen LogP contribution in [0.4, 0.5) is 0 Å². The molecule has 1 unspecified atom stereocenters. The van der Waals surface area contributed by atoms with Crippen molar-refractivity contribution in [2.45, 2.75) is 51.2 Å². The van der Waals surface area contributed by atoms with Gasteiger partial charge in [0, 0.05) is 74.0 Å². The zero-order valence-corrected chi connectivity index (χ0v) is 26.3. The van der Waals surface area contributed by atoms with Crippen LogP contribution in [0.15, 0.2) is 41.3 Å². The van der Waals surface area contributed by atoms with Crippen molar-refractivity contribution in [2.24, 2.45) is 13.0 Å². The minimum atomic E-state index is -0.629. The lowest BCUT2D eigenvalue weighted by Crippen LogP contribution is -2.52. The van der Waals surface area contributed by atoms with Crippen molar-refractivity contribution >= 4 is 17.7 Å². The number of likely N-dealkylation sites (tertiary alicyclic amines) is 1. The summed E-state index contributed by atoms with van der Waals surface area (Å²) >= 11 is 0. The molecule has 4 heterocycles. The fraction of sp³-hybridized carbons (Fsp3) is 0.389. The minimum Gasteiger partial charge on any atom is -0.496 e. The van der Waals surface area contributed by atoms with E-state index in [4.69, 9.17) is 9.47 Å². The molecular weight excluding hydrogens is 584 g/mol. The Bertz CT molecular complexity index is 1890. The summed E-state index contributed by atoms with van der Waals surface area (Å²) in [5.41, 5.74) is 7.32. The summed E-state index contributed by atoms with van der Waals surface area (Å²) in [5.74, 6) is 7.38. The molecule has 0 spiro atoms. The Morgan fingerprint density at radius 2 is 1.67 bits per heavy atom. The third-order valence-electron chi connectivity index (χ3n) is 9.65. The molecule has 0 bridgehead atoms. The van der Waals surface area contributed by atoms with Crippen molar-refractivity contribution < 1.29 is 23.9 Å². The number of aryl methyl sites for hydroxylation is 1. The second-order valence-electron chi connectivity index (χ2n) is 12.6. The van der Waals surface area contributed by atoms with Gasteiger partial charge in [0.1, 0.15) is 17.5 Å². The molecule has 3 aliphatic heterocycles. The van der Waals surface area contributed by atoms with Crippen LogP contribution in [0, 0.1) is 17.8 Å². The van der Waals surface area contributed by atoms with Gasteiger partial charge in [-0.05, 0) is 66.6 Å². The smallest absolute Gasteiger partial charge is 0.255 e. The van der Waals surface area contributed by atoms with E-state index in [1.165, 1.54) is 0 Å². The number of hydrogen-bond acceptors (Lipinski definition) is 7. The van der Waals surface area contributed by atoms with Crippen molar-refractivity contribution in [3.63, 3.8) is 0 Å². The molecule has 3 amide bonds. The molecule has 1 aromatic heterocycles. The second kappa shape index (κ2) is 11.8. The number of pyridine rings is 1. The SMILES string of the molecule is COc1cc(-c2cn(C)c(=O)c3c2CCC3)cc(OC)c1CN1CC(C#Cc2ccc3c(c2)C(=O)N(C2CCC(=O)NC2=O)C3)C1. The zero-order valence-electron chi connectivity index (χ0n) is 26.3. The second-order valence-corrected chi connectivity index (χ2v) is 12.6. The van der Waals surface area contributed by atoms with Crippen molar-refractivity contribution in [3.8, 4) is 34.5 Å². The van der Waals surface area contributed by atoms with E-state index in [9.17, 15) is 19.2 Å². The number of methoxy groups -OCH3 is 2. The summed E-state index contributed by atoms with van der Waals surface area (Å²) in [6.07, 6.45) is 5.19. The highest BCUT2D eigenvalue weighted by molar-refractivity contribution is 6.05. The standard InChI is InChI=1S/C36H36N4O6/c1-38-19-28(25-5-4-6-26(25)35(38)43)24-14-31(45-2)29(32(15-24)46-3)20-39-16-22(17-39)8-7-21-9-10-23-18-40(36(44)27(23)13-21)30-11-12-33(41)37-34(30)42/h9-10,13-15,19,22,30H,4-6,11-12,16-18,20H2,1-3H3,(H,37,41,42).